The molecule has 0 aliphatic carbocycles. The molecule has 0 radical (unpaired) electrons. The number of Topliss-reactive ketones (excluding diaryl/α,β-unsaturated/α-hetero) is 1. The van der Waals surface area contributed by atoms with E-state index in [-0.39, 0.29) is 5.78 Å². The topological polar surface area (TPSA) is 32.7 Å². The molecule has 2 aliphatic rings. The standard InChI is InChI=1S/C35H42N2OS/c1-2-12-31-30-15-9-10-17-34(30)39-35-19-18-29(26-32(35)36-31)33(38)16-8-3-4-11-22-37-23-20-28(21-24-37)25-27-13-6-5-7-14-27/h5-7,9-10,13-15,17-19,26,28H,2-4,8,11-12,16,20-25H2,1H3. The van der Waals surface area contributed by atoms with Gasteiger partial charge in [0.1, 0.15) is 0 Å². The highest BCUT2D eigenvalue weighted by Crippen LogP contribution is 2.41. The van der Waals surface area contributed by atoms with Gasteiger partial charge in [-0.2, -0.15) is 0 Å². The summed E-state index contributed by atoms with van der Waals surface area (Å²) in [6, 6.07) is 25.6. The van der Waals surface area contributed by atoms with Gasteiger partial charge in [0.05, 0.1) is 5.69 Å². The first-order valence-electron chi connectivity index (χ1n) is 15.0. The van der Waals surface area contributed by atoms with Crippen molar-refractivity contribution >= 4 is 28.9 Å². The minimum atomic E-state index is 0.247. The number of hydrogen-bond donors (Lipinski definition) is 0. The molecule has 1 saturated heterocycles. The predicted octanol–water partition coefficient (Wildman–Crippen LogP) is 9.16. The van der Waals surface area contributed by atoms with E-state index in [4.69, 9.17) is 4.99 Å². The Kier molecular flexibility index (Phi) is 10.1. The first-order valence-corrected chi connectivity index (χ1v) is 15.8. The Balaban J connectivity index is 1.03. The Bertz CT molecular complexity index is 1260. The van der Waals surface area contributed by atoms with Crippen molar-refractivity contribution in [1.82, 2.24) is 4.90 Å². The highest BCUT2D eigenvalue weighted by molar-refractivity contribution is 7.99. The van der Waals surface area contributed by atoms with Gasteiger partial charge in [0, 0.05) is 33.1 Å². The Hall–Kier alpha value is -2.69. The van der Waals surface area contributed by atoms with Crippen molar-refractivity contribution in [2.45, 2.75) is 80.9 Å². The van der Waals surface area contributed by atoms with Gasteiger partial charge in [0.2, 0.25) is 0 Å². The Labute approximate surface area is 239 Å². The lowest BCUT2D eigenvalue weighted by Gasteiger charge is -2.32. The van der Waals surface area contributed by atoms with Gasteiger partial charge in [-0.1, -0.05) is 92.5 Å². The van der Waals surface area contributed by atoms with Gasteiger partial charge in [-0.25, -0.2) is 0 Å². The number of hydrogen-bond acceptors (Lipinski definition) is 4. The van der Waals surface area contributed by atoms with Crippen LogP contribution >= 0.6 is 11.8 Å². The third-order valence-corrected chi connectivity index (χ3v) is 9.28. The monoisotopic (exact) mass is 538 g/mol. The Morgan fingerprint density at radius 2 is 1.67 bits per heavy atom. The molecule has 3 nitrogen and oxygen atoms in total. The van der Waals surface area contributed by atoms with E-state index in [1.54, 1.807) is 11.8 Å². The fraction of sp³-hybridized carbons (Fsp3) is 0.429. The minimum Gasteiger partial charge on any atom is -0.303 e. The zero-order chi connectivity index (χ0) is 26.9. The predicted molar refractivity (Wildman–Crippen MR) is 165 cm³/mol. The third kappa shape index (κ3) is 7.70. The van der Waals surface area contributed by atoms with Crippen LogP contribution in [0, 0.1) is 5.92 Å². The second-order valence-electron chi connectivity index (χ2n) is 11.2. The molecule has 0 atom stereocenters. The molecule has 4 heteroatoms. The Morgan fingerprint density at radius 1 is 0.897 bits per heavy atom. The van der Waals surface area contributed by atoms with Gasteiger partial charge >= 0.3 is 0 Å². The van der Waals surface area contributed by atoms with Crippen molar-refractivity contribution in [3.05, 3.63) is 89.5 Å². The number of fused-ring (bicyclic) bond motifs is 2. The van der Waals surface area contributed by atoms with Crippen LogP contribution in [0.1, 0.15) is 86.2 Å². The molecule has 1 fully saturated rings. The number of benzene rings is 3. The molecule has 0 aromatic heterocycles. The van der Waals surface area contributed by atoms with Crippen molar-refractivity contribution in [3.8, 4) is 0 Å². The van der Waals surface area contributed by atoms with Crippen LogP contribution in [0.3, 0.4) is 0 Å². The van der Waals surface area contributed by atoms with Crippen molar-refractivity contribution in [2.24, 2.45) is 10.9 Å². The molecule has 0 N–H and O–H groups in total. The van der Waals surface area contributed by atoms with E-state index in [2.05, 4.69) is 72.5 Å². The van der Waals surface area contributed by atoms with Gasteiger partial charge in [0.25, 0.3) is 0 Å². The second-order valence-corrected chi connectivity index (χ2v) is 12.2. The maximum atomic E-state index is 13.0. The smallest absolute Gasteiger partial charge is 0.162 e. The fourth-order valence-corrected chi connectivity index (χ4v) is 6.92. The zero-order valence-electron chi connectivity index (χ0n) is 23.4. The molecule has 2 heterocycles. The lowest BCUT2D eigenvalue weighted by atomic mass is 9.90. The van der Waals surface area contributed by atoms with Crippen LogP contribution in [-0.2, 0) is 6.42 Å². The van der Waals surface area contributed by atoms with Crippen LogP contribution in [0.15, 0.2) is 87.6 Å². The van der Waals surface area contributed by atoms with Crippen molar-refractivity contribution in [1.29, 1.82) is 0 Å². The maximum absolute atomic E-state index is 13.0. The van der Waals surface area contributed by atoms with Crippen LogP contribution in [-0.4, -0.2) is 36.0 Å². The average Bonchev–Trinajstić information content (AvgIpc) is 3.12. The van der Waals surface area contributed by atoms with Crippen molar-refractivity contribution in [3.63, 3.8) is 0 Å². The van der Waals surface area contributed by atoms with E-state index in [1.165, 1.54) is 67.8 Å². The average molecular weight is 539 g/mol. The summed E-state index contributed by atoms with van der Waals surface area (Å²) in [5.74, 6) is 1.08. The minimum absolute atomic E-state index is 0.247. The molecule has 0 amide bonds. The van der Waals surface area contributed by atoms with Gasteiger partial charge in [-0.15, -0.1) is 0 Å². The first-order chi connectivity index (χ1) is 19.2. The third-order valence-electron chi connectivity index (χ3n) is 8.14. The van der Waals surface area contributed by atoms with E-state index < -0.39 is 0 Å². The SMILES string of the molecule is CCCC1=Nc2cc(C(=O)CCCCCCN3CCC(Cc4ccccc4)CC3)ccc2Sc2ccccc21. The van der Waals surface area contributed by atoms with E-state index in [9.17, 15) is 4.79 Å². The highest BCUT2D eigenvalue weighted by Gasteiger charge is 2.20. The summed E-state index contributed by atoms with van der Waals surface area (Å²) < 4.78 is 0. The molecule has 3 aromatic rings. The van der Waals surface area contributed by atoms with Crippen molar-refractivity contribution < 1.29 is 4.79 Å². The number of carbonyl (C=O) groups excluding carboxylic acids is 1. The van der Waals surface area contributed by atoms with Crippen LogP contribution < -0.4 is 0 Å². The van der Waals surface area contributed by atoms with E-state index in [1.807, 2.05) is 12.1 Å². The summed E-state index contributed by atoms with van der Waals surface area (Å²) in [5.41, 5.74) is 5.58. The van der Waals surface area contributed by atoms with Crippen LogP contribution in [0.5, 0.6) is 0 Å². The summed E-state index contributed by atoms with van der Waals surface area (Å²) in [7, 11) is 0. The van der Waals surface area contributed by atoms with Crippen LogP contribution in [0.2, 0.25) is 0 Å². The molecule has 2 aliphatic heterocycles. The van der Waals surface area contributed by atoms with E-state index in [0.717, 1.165) is 53.5 Å². The number of carbonyl (C=O) groups is 1. The molecule has 204 valence electrons. The second kappa shape index (κ2) is 14.1. The largest absolute Gasteiger partial charge is 0.303 e. The quantitative estimate of drug-likeness (QED) is 0.170. The van der Waals surface area contributed by atoms with Gasteiger partial charge in [-0.05, 0) is 87.8 Å². The van der Waals surface area contributed by atoms with Crippen LogP contribution in [0.25, 0.3) is 0 Å². The molecule has 3 aromatic carbocycles. The number of nitrogens with zero attached hydrogens (tertiary/aromatic N) is 2. The molecule has 0 saturated carbocycles. The van der Waals surface area contributed by atoms with Gasteiger partial charge in [0.15, 0.2) is 5.78 Å². The number of unbranched alkanes of at least 4 members (excludes halogenated alkanes) is 3. The molecule has 0 spiro atoms. The lowest BCUT2D eigenvalue weighted by molar-refractivity contribution is 0.0979. The molecular formula is C35H42N2OS. The van der Waals surface area contributed by atoms with E-state index in [0.29, 0.717) is 6.42 Å². The summed E-state index contributed by atoms with van der Waals surface area (Å²) >= 11 is 1.76. The van der Waals surface area contributed by atoms with Gasteiger partial charge < -0.3 is 4.90 Å². The number of ketones is 1. The first kappa shape index (κ1) is 27.9. The summed E-state index contributed by atoms with van der Waals surface area (Å²) in [5, 5.41) is 0. The fourth-order valence-electron chi connectivity index (χ4n) is 5.89. The normalized spacial score (nSPS) is 15.8. The number of aliphatic imine (C=N–C) groups is 1. The maximum Gasteiger partial charge on any atom is 0.162 e. The van der Waals surface area contributed by atoms with Crippen LogP contribution in [0.4, 0.5) is 5.69 Å². The van der Waals surface area contributed by atoms with E-state index >= 15 is 0 Å². The van der Waals surface area contributed by atoms with Crippen molar-refractivity contribution in [2.75, 3.05) is 19.6 Å². The molecule has 0 unspecified atom stereocenters. The highest BCUT2D eigenvalue weighted by atomic mass is 32.2. The zero-order valence-corrected chi connectivity index (χ0v) is 24.2. The number of rotatable bonds is 12. The van der Waals surface area contributed by atoms with Gasteiger partial charge in [-0.3, -0.25) is 9.79 Å². The number of piperidine rings is 1. The Morgan fingerprint density at radius 3 is 2.49 bits per heavy atom. The number of likely N-dealkylation sites (tertiary alicyclic amines) is 1. The summed E-state index contributed by atoms with van der Waals surface area (Å²) in [6.07, 6.45) is 11.0. The lowest BCUT2D eigenvalue weighted by Crippen LogP contribution is -2.35. The molecule has 0 bridgehead atoms. The molecule has 39 heavy (non-hydrogen) atoms. The summed E-state index contributed by atoms with van der Waals surface area (Å²) in [4.78, 5) is 23.1. The molecule has 5 rings (SSSR count). The molecular weight excluding hydrogens is 496 g/mol. The summed E-state index contributed by atoms with van der Waals surface area (Å²) in [6.45, 7) is 5.87.